The maximum absolute atomic E-state index is 13.9. The predicted molar refractivity (Wildman–Crippen MR) is 116 cm³/mol. The molecule has 0 atom stereocenters. The van der Waals surface area contributed by atoms with Crippen molar-refractivity contribution in [2.24, 2.45) is 0 Å². The minimum atomic E-state index is -1.21. The van der Waals surface area contributed by atoms with E-state index in [0.717, 1.165) is 0 Å². The van der Waals surface area contributed by atoms with Crippen LogP contribution in [0.2, 0.25) is 0 Å². The van der Waals surface area contributed by atoms with Gasteiger partial charge in [-0.15, -0.1) is 0 Å². The zero-order valence-corrected chi connectivity index (χ0v) is 18.2. The molecule has 0 radical (unpaired) electrons. The minimum Gasteiger partial charge on any atom is -0.476 e. The van der Waals surface area contributed by atoms with Gasteiger partial charge in [0.05, 0.1) is 11.4 Å². The van der Waals surface area contributed by atoms with Crippen molar-refractivity contribution < 1.29 is 23.5 Å². The largest absolute Gasteiger partial charge is 0.476 e. The summed E-state index contributed by atoms with van der Waals surface area (Å²) in [5.74, 6) is -1.55. The van der Waals surface area contributed by atoms with E-state index in [1.165, 1.54) is 29.2 Å². The van der Waals surface area contributed by atoms with Gasteiger partial charge < -0.3 is 15.4 Å². The van der Waals surface area contributed by atoms with E-state index in [4.69, 9.17) is 4.74 Å². The van der Waals surface area contributed by atoms with Gasteiger partial charge in [0.15, 0.2) is 5.60 Å². The summed E-state index contributed by atoms with van der Waals surface area (Å²) in [7, 11) is 0. The van der Waals surface area contributed by atoms with Crippen molar-refractivity contribution in [3.63, 3.8) is 0 Å². The summed E-state index contributed by atoms with van der Waals surface area (Å²) in [6, 6.07) is 10.5. The number of halogens is 1. The van der Waals surface area contributed by atoms with E-state index in [2.05, 4.69) is 10.6 Å². The first-order valence-electron chi connectivity index (χ1n) is 9.89. The number of ether oxygens (including phenoxy) is 1. The summed E-state index contributed by atoms with van der Waals surface area (Å²) in [5.41, 5.74) is -1.01. The van der Waals surface area contributed by atoms with E-state index in [9.17, 15) is 18.8 Å². The maximum atomic E-state index is 13.9. The van der Waals surface area contributed by atoms with Crippen LogP contribution in [0.3, 0.4) is 0 Å². The molecule has 2 aromatic rings. The number of nitrogens with one attached hydrogen (secondary N) is 2. The van der Waals surface area contributed by atoms with Gasteiger partial charge in [0.25, 0.3) is 11.8 Å². The third-order valence-electron chi connectivity index (χ3n) is 4.58. The average molecular weight is 427 g/mol. The Hall–Kier alpha value is -3.42. The van der Waals surface area contributed by atoms with Crippen molar-refractivity contribution in [3.8, 4) is 5.75 Å². The Kier molecular flexibility index (Phi) is 5.76. The molecule has 164 valence electrons. The molecule has 0 spiro atoms. The van der Waals surface area contributed by atoms with Crippen molar-refractivity contribution in [1.29, 1.82) is 0 Å². The van der Waals surface area contributed by atoms with Gasteiger partial charge in [-0.25, -0.2) is 4.39 Å². The number of carbonyl (C=O) groups excluding carboxylic acids is 3. The summed E-state index contributed by atoms with van der Waals surface area (Å²) in [5, 5.41) is 5.34. The van der Waals surface area contributed by atoms with Gasteiger partial charge in [-0.3, -0.25) is 19.3 Å². The molecule has 7 nitrogen and oxygen atoms in total. The summed E-state index contributed by atoms with van der Waals surface area (Å²) < 4.78 is 19.7. The first-order chi connectivity index (χ1) is 14.4. The molecule has 0 bridgehead atoms. The summed E-state index contributed by atoms with van der Waals surface area (Å²) in [6.07, 6.45) is 0. The third-order valence-corrected chi connectivity index (χ3v) is 4.58. The van der Waals surface area contributed by atoms with Crippen LogP contribution in [-0.2, 0) is 9.59 Å². The Bertz CT molecular complexity index is 1040. The second kappa shape index (κ2) is 8.02. The van der Waals surface area contributed by atoms with E-state index in [0.29, 0.717) is 17.0 Å². The number of hydrogen-bond acceptors (Lipinski definition) is 4. The van der Waals surface area contributed by atoms with Crippen LogP contribution in [0.25, 0.3) is 0 Å². The molecule has 0 aliphatic carbocycles. The van der Waals surface area contributed by atoms with Crippen LogP contribution in [0.1, 0.15) is 45.0 Å². The lowest BCUT2D eigenvalue weighted by Crippen LogP contribution is -2.54. The number of para-hydroxylation sites is 1. The topological polar surface area (TPSA) is 87.7 Å². The van der Waals surface area contributed by atoms with E-state index in [1.54, 1.807) is 32.0 Å². The molecule has 0 saturated heterocycles. The molecular weight excluding hydrogens is 401 g/mol. The Morgan fingerprint density at radius 1 is 1.13 bits per heavy atom. The van der Waals surface area contributed by atoms with Crippen molar-refractivity contribution in [2.75, 3.05) is 16.8 Å². The molecule has 0 saturated carbocycles. The first kappa shape index (κ1) is 22.3. The summed E-state index contributed by atoms with van der Waals surface area (Å²) in [4.78, 5) is 39.5. The summed E-state index contributed by atoms with van der Waals surface area (Å²) in [6.45, 7) is 8.41. The number of rotatable bonds is 4. The third kappa shape index (κ3) is 5.02. The Balaban J connectivity index is 1.91. The standard InChI is InChI=1S/C23H26FN3O4/c1-22(2,3)26-20(29)14-10-11-18-17(12-14)27(21(30)23(4,5)31-18)13-19(28)25-16-9-7-6-8-15(16)24/h6-12H,13H2,1-5H3,(H,25,28)(H,26,29). The monoisotopic (exact) mass is 427 g/mol. The molecule has 2 aromatic carbocycles. The molecule has 1 aliphatic rings. The number of anilines is 2. The van der Waals surface area contributed by atoms with Crippen LogP contribution in [0, 0.1) is 5.82 Å². The van der Waals surface area contributed by atoms with Crippen LogP contribution in [0.15, 0.2) is 42.5 Å². The highest BCUT2D eigenvalue weighted by molar-refractivity contribution is 6.08. The quantitative estimate of drug-likeness (QED) is 0.782. The number of hydrogen-bond donors (Lipinski definition) is 2. The molecule has 0 aromatic heterocycles. The van der Waals surface area contributed by atoms with Crippen molar-refractivity contribution in [2.45, 2.75) is 45.8 Å². The van der Waals surface area contributed by atoms with Gasteiger partial charge in [-0.2, -0.15) is 0 Å². The molecule has 0 fully saturated rings. The number of carbonyl (C=O) groups is 3. The van der Waals surface area contributed by atoms with Gasteiger partial charge in [-0.05, 0) is 65.0 Å². The van der Waals surface area contributed by atoms with Gasteiger partial charge >= 0.3 is 0 Å². The first-order valence-corrected chi connectivity index (χ1v) is 9.89. The van der Waals surface area contributed by atoms with Gasteiger partial charge in [0, 0.05) is 11.1 Å². The Labute approximate surface area is 180 Å². The average Bonchev–Trinajstić information content (AvgIpc) is 2.65. The Morgan fingerprint density at radius 2 is 1.81 bits per heavy atom. The van der Waals surface area contributed by atoms with E-state index < -0.39 is 28.8 Å². The molecule has 1 heterocycles. The molecule has 3 amide bonds. The molecule has 0 unspecified atom stereocenters. The fourth-order valence-corrected chi connectivity index (χ4v) is 3.17. The minimum absolute atomic E-state index is 0.0194. The number of nitrogens with zero attached hydrogens (tertiary/aromatic N) is 1. The molecule has 1 aliphatic heterocycles. The van der Waals surface area contributed by atoms with Crippen molar-refractivity contribution >= 4 is 29.1 Å². The fourth-order valence-electron chi connectivity index (χ4n) is 3.17. The second-order valence-corrected chi connectivity index (χ2v) is 8.92. The number of fused-ring (bicyclic) bond motifs is 1. The van der Waals surface area contributed by atoms with Gasteiger partial charge in [-0.1, -0.05) is 12.1 Å². The fraction of sp³-hybridized carbons (Fsp3) is 0.348. The number of amides is 3. The summed E-state index contributed by atoms with van der Waals surface area (Å²) >= 11 is 0. The molecular formula is C23H26FN3O4. The smallest absolute Gasteiger partial charge is 0.271 e. The van der Waals surface area contributed by atoms with E-state index >= 15 is 0 Å². The molecule has 31 heavy (non-hydrogen) atoms. The van der Waals surface area contributed by atoms with Crippen LogP contribution in [0.4, 0.5) is 15.8 Å². The van der Waals surface area contributed by atoms with Crippen LogP contribution in [-0.4, -0.2) is 35.4 Å². The van der Waals surface area contributed by atoms with Crippen LogP contribution in [0.5, 0.6) is 5.75 Å². The van der Waals surface area contributed by atoms with Crippen LogP contribution >= 0.6 is 0 Å². The highest BCUT2D eigenvalue weighted by atomic mass is 19.1. The lowest BCUT2D eigenvalue weighted by molar-refractivity contribution is -0.133. The van der Waals surface area contributed by atoms with E-state index in [1.807, 2.05) is 20.8 Å². The highest BCUT2D eigenvalue weighted by Crippen LogP contribution is 2.38. The van der Waals surface area contributed by atoms with Crippen LogP contribution < -0.4 is 20.3 Å². The second-order valence-electron chi connectivity index (χ2n) is 8.92. The molecule has 3 rings (SSSR count). The van der Waals surface area contributed by atoms with E-state index in [-0.39, 0.29) is 18.1 Å². The molecule has 8 heteroatoms. The number of benzene rings is 2. The lowest BCUT2D eigenvalue weighted by atomic mass is 10.0. The zero-order chi connectivity index (χ0) is 23.0. The normalized spacial score (nSPS) is 15.0. The van der Waals surface area contributed by atoms with Gasteiger partial charge in [0.1, 0.15) is 18.1 Å². The van der Waals surface area contributed by atoms with Crippen molar-refractivity contribution in [1.82, 2.24) is 5.32 Å². The highest BCUT2D eigenvalue weighted by Gasteiger charge is 2.42. The van der Waals surface area contributed by atoms with Gasteiger partial charge in [0.2, 0.25) is 5.91 Å². The SMILES string of the molecule is CC(C)(C)NC(=O)c1ccc2c(c1)N(CC(=O)Nc1ccccc1F)C(=O)C(C)(C)O2. The Morgan fingerprint density at radius 3 is 2.45 bits per heavy atom. The maximum Gasteiger partial charge on any atom is 0.271 e. The predicted octanol–water partition coefficient (Wildman–Crippen LogP) is 3.50. The lowest BCUT2D eigenvalue weighted by Gasteiger charge is -2.38. The zero-order valence-electron chi connectivity index (χ0n) is 18.2. The molecule has 2 N–H and O–H groups in total. The van der Waals surface area contributed by atoms with Crippen molar-refractivity contribution in [3.05, 3.63) is 53.8 Å².